The fraction of sp³-hybridized carbons (Fsp3) is 0.714. The van der Waals surface area contributed by atoms with Crippen LogP contribution >= 0.6 is 12.4 Å². The molecule has 0 aliphatic heterocycles. The molecule has 0 saturated carbocycles. The van der Waals surface area contributed by atoms with E-state index in [4.69, 9.17) is 0 Å². The van der Waals surface area contributed by atoms with Crippen molar-refractivity contribution in [3.05, 3.63) is 12.7 Å². The molecule has 0 amide bonds. The summed E-state index contributed by atoms with van der Waals surface area (Å²) in [6, 6.07) is 0. The molecule has 1 nitrogen and oxygen atoms in total. The van der Waals surface area contributed by atoms with Crippen molar-refractivity contribution in [2.24, 2.45) is 0 Å². The molecule has 0 aromatic carbocycles. The number of allylic oxidation sites excluding steroid dienone is 1. The van der Waals surface area contributed by atoms with E-state index >= 15 is 0 Å². The third-order valence-corrected chi connectivity index (χ3v) is 0.289. The topological polar surface area (TPSA) is 3.24 Å². The summed E-state index contributed by atoms with van der Waals surface area (Å²) in [6.07, 6.45) is 2.96. The second kappa shape index (κ2) is 15.7. The van der Waals surface area contributed by atoms with Gasteiger partial charge in [0.15, 0.2) is 0 Å². The quantitative estimate of drug-likeness (QED) is 0.520. The van der Waals surface area contributed by atoms with Gasteiger partial charge in [-0.15, -0.1) is 19.0 Å². The van der Waals surface area contributed by atoms with E-state index in [9.17, 15) is 0 Å². The predicted octanol–water partition coefficient (Wildman–Crippen LogP) is 2.18. The SMILES string of the molecule is C=CCC.CN(C)C.Cl. The zero-order valence-corrected chi connectivity index (χ0v) is 7.66. The Balaban J connectivity index is -0.0000000720. The van der Waals surface area contributed by atoms with E-state index < -0.39 is 0 Å². The van der Waals surface area contributed by atoms with Gasteiger partial charge >= 0.3 is 0 Å². The van der Waals surface area contributed by atoms with Crippen LogP contribution in [0.3, 0.4) is 0 Å². The van der Waals surface area contributed by atoms with Gasteiger partial charge in [-0.05, 0) is 27.6 Å². The lowest BCUT2D eigenvalue weighted by atomic mass is 10.5. The Labute approximate surface area is 65.2 Å². The van der Waals surface area contributed by atoms with Gasteiger partial charge in [-0.2, -0.15) is 0 Å². The third-order valence-electron chi connectivity index (χ3n) is 0.289. The van der Waals surface area contributed by atoms with Crippen molar-refractivity contribution in [2.45, 2.75) is 13.3 Å². The molecule has 0 aromatic rings. The van der Waals surface area contributed by atoms with Gasteiger partial charge in [0.05, 0.1) is 0 Å². The summed E-state index contributed by atoms with van der Waals surface area (Å²) in [4.78, 5) is 2.00. The van der Waals surface area contributed by atoms with Crippen LogP contribution in [0.4, 0.5) is 0 Å². The second-order valence-electron chi connectivity index (χ2n) is 2.04. The first-order valence-corrected chi connectivity index (χ1v) is 2.87. The zero-order chi connectivity index (χ0) is 6.99. The molecule has 0 unspecified atom stereocenters. The van der Waals surface area contributed by atoms with Crippen LogP contribution in [-0.2, 0) is 0 Å². The maximum Gasteiger partial charge on any atom is -0.0140 e. The van der Waals surface area contributed by atoms with Crippen LogP contribution < -0.4 is 0 Å². The first kappa shape index (κ1) is 16.0. The lowest BCUT2D eigenvalue weighted by Gasteiger charge is -1.90. The summed E-state index contributed by atoms with van der Waals surface area (Å²) >= 11 is 0. The van der Waals surface area contributed by atoms with Gasteiger partial charge < -0.3 is 4.90 Å². The van der Waals surface area contributed by atoms with Crippen molar-refractivity contribution in [2.75, 3.05) is 21.1 Å². The predicted molar refractivity (Wildman–Crippen MR) is 47.3 cm³/mol. The van der Waals surface area contributed by atoms with E-state index in [1.54, 1.807) is 0 Å². The molecule has 0 spiro atoms. The molecule has 0 fully saturated rings. The van der Waals surface area contributed by atoms with E-state index in [0.717, 1.165) is 6.42 Å². The minimum Gasteiger partial charge on any atom is -0.312 e. The molecule has 2 heteroatoms. The van der Waals surface area contributed by atoms with Crippen LogP contribution in [0.5, 0.6) is 0 Å². The number of nitrogens with zero attached hydrogens (tertiary/aromatic N) is 1. The van der Waals surface area contributed by atoms with Crippen molar-refractivity contribution in [1.29, 1.82) is 0 Å². The first-order valence-electron chi connectivity index (χ1n) is 2.87. The molecule has 0 radical (unpaired) electrons. The normalized spacial score (nSPS) is 6.78. The zero-order valence-electron chi connectivity index (χ0n) is 6.85. The summed E-state index contributed by atoms with van der Waals surface area (Å²) in [6.45, 7) is 5.54. The average molecular weight is 152 g/mol. The smallest absolute Gasteiger partial charge is 0.0140 e. The van der Waals surface area contributed by atoms with Gasteiger partial charge in [0.2, 0.25) is 0 Å². The maximum atomic E-state index is 3.48. The van der Waals surface area contributed by atoms with E-state index in [1.165, 1.54) is 0 Å². The molecular formula is C7H18ClN. The maximum absolute atomic E-state index is 3.48. The van der Waals surface area contributed by atoms with Crippen LogP contribution in [0.2, 0.25) is 0 Å². The molecule has 58 valence electrons. The van der Waals surface area contributed by atoms with E-state index in [0.29, 0.717) is 0 Å². The fourth-order valence-electron chi connectivity index (χ4n) is 0. The summed E-state index contributed by atoms with van der Waals surface area (Å²) in [5, 5.41) is 0. The number of hydrogen-bond acceptors (Lipinski definition) is 1. The van der Waals surface area contributed by atoms with Crippen LogP contribution in [0.15, 0.2) is 12.7 Å². The largest absolute Gasteiger partial charge is 0.312 e. The van der Waals surface area contributed by atoms with Gasteiger partial charge in [-0.1, -0.05) is 13.0 Å². The van der Waals surface area contributed by atoms with Crippen LogP contribution in [0.25, 0.3) is 0 Å². The Morgan fingerprint density at radius 3 is 1.44 bits per heavy atom. The number of hydrogen-bond donors (Lipinski definition) is 0. The molecule has 0 aliphatic rings. The minimum absolute atomic E-state index is 0. The molecule has 9 heavy (non-hydrogen) atoms. The molecule has 0 aromatic heterocycles. The highest BCUT2D eigenvalue weighted by atomic mass is 35.5. The van der Waals surface area contributed by atoms with Crippen molar-refractivity contribution >= 4 is 12.4 Å². The second-order valence-corrected chi connectivity index (χ2v) is 2.04. The van der Waals surface area contributed by atoms with Gasteiger partial charge in [0, 0.05) is 0 Å². The fourth-order valence-corrected chi connectivity index (χ4v) is 0. The van der Waals surface area contributed by atoms with Gasteiger partial charge in [0.1, 0.15) is 0 Å². The van der Waals surface area contributed by atoms with E-state index in [2.05, 4.69) is 13.5 Å². The highest BCUT2D eigenvalue weighted by Crippen LogP contribution is 1.66. The number of rotatable bonds is 1. The molecule has 0 heterocycles. The van der Waals surface area contributed by atoms with Gasteiger partial charge in [-0.25, -0.2) is 0 Å². The van der Waals surface area contributed by atoms with Crippen LogP contribution in [0.1, 0.15) is 13.3 Å². The molecule has 0 rings (SSSR count). The van der Waals surface area contributed by atoms with Gasteiger partial charge in [0.25, 0.3) is 0 Å². The molecule has 0 saturated heterocycles. The Morgan fingerprint density at radius 1 is 1.33 bits per heavy atom. The van der Waals surface area contributed by atoms with Gasteiger partial charge in [-0.3, -0.25) is 0 Å². The lowest BCUT2D eigenvalue weighted by molar-refractivity contribution is 0.505. The standard InChI is InChI=1S/C4H8.C3H9N.ClH/c1-3-4-2;1-4(2)3;/h3H,1,4H2,2H3;1-3H3;1H. The van der Waals surface area contributed by atoms with Crippen molar-refractivity contribution in [3.63, 3.8) is 0 Å². The summed E-state index contributed by atoms with van der Waals surface area (Å²) < 4.78 is 0. The average Bonchev–Trinajstić information content (AvgIpc) is 1.65. The summed E-state index contributed by atoms with van der Waals surface area (Å²) in [7, 11) is 6.00. The van der Waals surface area contributed by atoms with Crippen molar-refractivity contribution < 1.29 is 0 Å². The van der Waals surface area contributed by atoms with Crippen molar-refractivity contribution in [1.82, 2.24) is 4.90 Å². The number of halogens is 1. The van der Waals surface area contributed by atoms with E-state index in [1.807, 2.05) is 32.1 Å². The monoisotopic (exact) mass is 151 g/mol. The minimum atomic E-state index is 0. The first-order chi connectivity index (χ1) is 3.65. The van der Waals surface area contributed by atoms with E-state index in [-0.39, 0.29) is 12.4 Å². The molecule has 0 atom stereocenters. The Hall–Kier alpha value is -0.0100. The highest BCUT2D eigenvalue weighted by molar-refractivity contribution is 5.85. The summed E-state index contributed by atoms with van der Waals surface area (Å²) in [5.74, 6) is 0. The molecular weight excluding hydrogens is 134 g/mol. The molecule has 0 aliphatic carbocycles. The Bertz CT molecular complexity index is 41.4. The van der Waals surface area contributed by atoms with Crippen LogP contribution in [-0.4, -0.2) is 26.0 Å². The molecule has 0 bridgehead atoms. The Kier molecular flexibility index (Phi) is 27.9. The summed E-state index contributed by atoms with van der Waals surface area (Å²) in [5.41, 5.74) is 0. The van der Waals surface area contributed by atoms with Crippen molar-refractivity contribution in [3.8, 4) is 0 Å². The molecule has 0 N–H and O–H groups in total. The van der Waals surface area contributed by atoms with Crippen LogP contribution in [0, 0.1) is 0 Å². The highest BCUT2D eigenvalue weighted by Gasteiger charge is 1.58. The Morgan fingerprint density at radius 2 is 1.44 bits per heavy atom. The third kappa shape index (κ3) is 293. The lowest BCUT2D eigenvalue weighted by Crippen LogP contribution is -1.99.